The van der Waals surface area contributed by atoms with E-state index in [2.05, 4.69) is 0 Å². The molecule has 0 unspecified atom stereocenters. The van der Waals surface area contributed by atoms with Crippen LogP contribution in [-0.2, 0) is 21.1 Å². The topological polar surface area (TPSA) is 77.2 Å². The second kappa shape index (κ2) is 4.10. The molecular weight excluding hydrogens is 222 g/mol. The Labute approximate surface area is 86.7 Å². The molecule has 0 fully saturated rings. The van der Waals surface area contributed by atoms with E-state index < -0.39 is 9.84 Å². The summed E-state index contributed by atoms with van der Waals surface area (Å²) in [6, 6.07) is 3.26. The maximum absolute atomic E-state index is 11.1. The fourth-order valence-electron chi connectivity index (χ4n) is 0.938. The third kappa shape index (κ3) is 3.12. The van der Waals surface area contributed by atoms with E-state index in [1.165, 1.54) is 11.3 Å². The smallest absolute Gasteiger partial charge is 0.217 e. The average molecular weight is 233 g/mol. The van der Waals surface area contributed by atoms with Crippen LogP contribution in [0.25, 0.3) is 0 Å². The number of rotatable bonds is 4. The van der Waals surface area contributed by atoms with Crippen LogP contribution in [0.3, 0.4) is 0 Å². The van der Waals surface area contributed by atoms with Crippen molar-refractivity contribution >= 4 is 27.1 Å². The lowest BCUT2D eigenvalue weighted by Gasteiger charge is -1.92. The lowest BCUT2D eigenvalue weighted by Crippen LogP contribution is -2.10. The number of sulfone groups is 1. The van der Waals surface area contributed by atoms with E-state index in [4.69, 9.17) is 5.73 Å². The Bertz CT molecular complexity index is 433. The van der Waals surface area contributed by atoms with Crippen LogP contribution in [0, 0.1) is 0 Å². The van der Waals surface area contributed by atoms with Gasteiger partial charge in [-0.2, -0.15) is 0 Å². The third-order valence-corrected chi connectivity index (χ3v) is 4.59. The van der Waals surface area contributed by atoms with Crippen molar-refractivity contribution in [2.75, 3.05) is 6.26 Å². The number of carbonyl (C=O) groups is 1. The summed E-state index contributed by atoms with van der Waals surface area (Å²) in [4.78, 5) is 11.3. The van der Waals surface area contributed by atoms with Crippen molar-refractivity contribution in [3.63, 3.8) is 0 Å². The minimum absolute atomic E-state index is 0.254. The van der Waals surface area contributed by atoms with Gasteiger partial charge in [0.15, 0.2) is 9.84 Å². The minimum atomic E-state index is -3.12. The van der Waals surface area contributed by atoms with E-state index in [0.29, 0.717) is 10.6 Å². The zero-order valence-electron chi connectivity index (χ0n) is 7.69. The highest BCUT2D eigenvalue weighted by molar-refractivity contribution is 7.92. The standard InChI is InChI=1S/C8H11NO3S2/c1-14(11,12)8-5-3-6(13-8)2-4-7(9)10/h3,5H,2,4H2,1H3,(H2,9,10). The van der Waals surface area contributed by atoms with Gasteiger partial charge in [-0.15, -0.1) is 11.3 Å². The van der Waals surface area contributed by atoms with E-state index >= 15 is 0 Å². The van der Waals surface area contributed by atoms with Crippen molar-refractivity contribution in [1.82, 2.24) is 0 Å². The summed E-state index contributed by atoms with van der Waals surface area (Å²) in [5.41, 5.74) is 4.98. The number of hydrogen-bond donors (Lipinski definition) is 1. The van der Waals surface area contributed by atoms with Gasteiger partial charge in [-0.25, -0.2) is 8.42 Å². The van der Waals surface area contributed by atoms with Crippen LogP contribution in [0.4, 0.5) is 0 Å². The Balaban J connectivity index is 2.74. The maximum Gasteiger partial charge on any atom is 0.217 e. The van der Waals surface area contributed by atoms with Gasteiger partial charge < -0.3 is 5.73 Å². The molecule has 4 nitrogen and oxygen atoms in total. The summed E-state index contributed by atoms with van der Waals surface area (Å²) in [7, 11) is -3.12. The van der Waals surface area contributed by atoms with E-state index in [0.717, 1.165) is 11.1 Å². The number of hydrogen-bond acceptors (Lipinski definition) is 4. The van der Waals surface area contributed by atoms with Gasteiger partial charge in [-0.1, -0.05) is 0 Å². The van der Waals surface area contributed by atoms with Crippen molar-refractivity contribution in [2.45, 2.75) is 17.1 Å². The molecule has 0 atom stereocenters. The highest BCUT2D eigenvalue weighted by Gasteiger charge is 2.10. The number of nitrogens with two attached hydrogens (primary N) is 1. The van der Waals surface area contributed by atoms with E-state index in [1.807, 2.05) is 0 Å². The van der Waals surface area contributed by atoms with Crippen LogP contribution in [0.15, 0.2) is 16.3 Å². The summed E-state index contributed by atoms with van der Waals surface area (Å²) in [5.74, 6) is -0.376. The summed E-state index contributed by atoms with van der Waals surface area (Å²) < 4.78 is 22.5. The molecule has 0 saturated carbocycles. The van der Waals surface area contributed by atoms with Crippen molar-refractivity contribution in [2.24, 2.45) is 5.73 Å². The molecule has 1 heterocycles. The van der Waals surface area contributed by atoms with Gasteiger partial charge in [0.2, 0.25) is 5.91 Å². The summed E-state index contributed by atoms with van der Waals surface area (Å²) in [6.45, 7) is 0. The van der Waals surface area contributed by atoms with Crippen molar-refractivity contribution < 1.29 is 13.2 Å². The van der Waals surface area contributed by atoms with Crippen LogP contribution in [0.2, 0.25) is 0 Å². The quantitative estimate of drug-likeness (QED) is 0.826. The lowest BCUT2D eigenvalue weighted by atomic mass is 10.2. The lowest BCUT2D eigenvalue weighted by molar-refractivity contribution is -0.117. The SMILES string of the molecule is CS(=O)(=O)c1ccc(CCC(N)=O)s1. The monoisotopic (exact) mass is 233 g/mol. The van der Waals surface area contributed by atoms with Crippen molar-refractivity contribution in [3.05, 3.63) is 17.0 Å². The van der Waals surface area contributed by atoms with Crippen molar-refractivity contribution in [3.8, 4) is 0 Å². The molecule has 0 radical (unpaired) electrons. The molecule has 2 N–H and O–H groups in total. The molecular formula is C8H11NO3S2. The number of carbonyl (C=O) groups excluding carboxylic acids is 1. The molecule has 78 valence electrons. The maximum atomic E-state index is 11.1. The highest BCUT2D eigenvalue weighted by Crippen LogP contribution is 2.22. The van der Waals surface area contributed by atoms with Gasteiger partial charge in [-0.05, 0) is 18.6 Å². The van der Waals surface area contributed by atoms with Gasteiger partial charge in [0, 0.05) is 17.6 Å². The second-order valence-electron chi connectivity index (χ2n) is 2.96. The molecule has 14 heavy (non-hydrogen) atoms. The molecule has 0 spiro atoms. The van der Waals surface area contributed by atoms with E-state index in [-0.39, 0.29) is 12.3 Å². The van der Waals surface area contributed by atoms with Crippen LogP contribution in [0.1, 0.15) is 11.3 Å². The first-order chi connectivity index (χ1) is 6.39. The molecule has 0 aromatic carbocycles. The Morgan fingerprint density at radius 3 is 2.57 bits per heavy atom. The molecule has 0 aliphatic heterocycles. The number of amides is 1. The first-order valence-electron chi connectivity index (χ1n) is 3.96. The van der Waals surface area contributed by atoms with Gasteiger partial charge >= 0.3 is 0 Å². The number of primary amides is 1. The van der Waals surface area contributed by atoms with Crippen molar-refractivity contribution in [1.29, 1.82) is 0 Å². The van der Waals surface area contributed by atoms with E-state index in [1.54, 1.807) is 12.1 Å². The molecule has 0 saturated heterocycles. The summed E-state index contributed by atoms with van der Waals surface area (Å²) >= 11 is 1.19. The Morgan fingerprint density at radius 2 is 2.14 bits per heavy atom. The Morgan fingerprint density at radius 1 is 1.50 bits per heavy atom. The van der Waals surface area contributed by atoms with Gasteiger partial charge in [0.25, 0.3) is 0 Å². The molecule has 0 aliphatic rings. The molecule has 1 amide bonds. The van der Waals surface area contributed by atoms with Gasteiger partial charge in [0.1, 0.15) is 4.21 Å². The molecule has 6 heteroatoms. The normalized spacial score (nSPS) is 11.5. The third-order valence-electron chi connectivity index (χ3n) is 1.62. The van der Waals surface area contributed by atoms with E-state index in [9.17, 15) is 13.2 Å². The van der Waals surface area contributed by atoms with Gasteiger partial charge in [0.05, 0.1) is 0 Å². The Hall–Kier alpha value is -0.880. The highest BCUT2D eigenvalue weighted by atomic mass is 32.2. The predicted octanol–water partition coefficient (Wildman–Crippen LogP) is 0.570. The second-order valence-corrected chi connectivity index (χ2v) is 6.37. The predicted molar refractivity (Wildman–Crippen MR) is 54.9 cm³/mol. The fourth-order valence-corrected chi connectivity index (χ4v) is 2.91. The van der Waals surface area contributed by atoms with Crippen LogP contribution < -0.4 is 5.73 Å². The minimum Gasteiger partial charge on any atom is -0.370 e. The van der Waals surface area contributed by atoms with Crippen LogP contribution in [0.5, 0.6) is 0 Å². The van der Waals surface area contributed by atoms with Crippen LogP contribution >= 0.6 is 11.3 Å². The zero-order chi connectivity index (χ0) is 10.8. The average Bonchev–Trinajstić information content (AvgIpc) is 2.47. The molecule has 1 rings (SSSR count). The largest absolute Gasteiger partial charge is 0.370 e. The zero-order valence-corrected chi connectivity index (χ0v) is 9.32. The molecule has 0 bridgehead atoms. The summed E-state index contributed by atoms with van der Waals surface area (Å²) in [5, 5.41) is 0. The fraction of sp³-hybridized carbons (Fsp3) is 0.375. The first-order valence-corrected chi connectivity index (χ1v) is 6.67. The molecule has 1 aromatic heterocycles. The van der Waals surface area contributed by atoms with Gasteiger partial charge in [-0.3, -0.25) is 4.79 Å². The first kappa shape index (κ1) is 11.2. The van der Waals surface area contributed by atoms with Crippen LogP contribution in [-0.4, -0.2) is 20.6 Å². The molecule has 1 aromatic rings. The summed E-state index contributed by atoms with van der Waals surface area (Å²) in [6.07, 6.45) is 1.93. The Kier molecular flexibility index (Phi) is 3.28. The number of thiophene rings is 1. The number of aryl methyl sites for hydroxylation is 1. The molecule has 0 aliphatic carbocycles.